The molecule has 6 nitrogen and oxygen atoms in total. The van der Waals surface area contributed by atoms with Gasteiger partial charge in [-0.25, -0.2) is 0 Å². The van der Waals surface area contributed by atoms with Gasteiger partial charge in [-0.3, -0.25) is 9.79 Å². The van der Waals surface area contributed by atoms with Gasteiger partial charge in [0.25, 0.3) is 5.91 Å². The van der Waals surface area contributed by atoms with Gasteiger partial charge in [-0.05, 0) is 35.9 Å². The average molecular weight is 389 g/mol. The van der Waals surface area contributed by atoms with E-state index in [0.717, 1.165) is 11.5 Å². The van der Waals surface area contributed by atoms with E-state index < -0.39 is 0 Å². The number of benzene rings is 2. The highest BCUT2D eigenvalue weighted by Gasteiger charge is 2.08. The first kappa shape index (κ1) is 20.6. The lowest BCUT2D eigenvalue weighted by molar-refractivity contribution is 0.0954. The normalized spacial score (nSPS) is 11.0. The van der Waals surface area contributed by atoms with E-state index in [4.69, 9.17) is 16.3 Å². The van der Waals surface area contributed by atoms with Crippen molar-refractivity contribution in [2.45, 2.75) is 6.54 Å². The Morgan fingerprint density at radius 3 is 2.59 bits per heavy atom. The van der Waals surface area contributed by atoms with E-state index in [1.165, 1.54) is 0 Å². The highest BCUT2D eigenvalue weighted by Crippen LogP contribution is 2.13. The molecule has 0 atom stereocenters. The molecule has 0 aliphatic carbocycles. The van der Waals surface area contributed by atoms with Crippen molar-refractivity contribution in [3.8, 4) is 5.75 Å². The molecule has 2 rings (SSSR count). The Kier molecular flexibility index (Phi) is 7.95. The van der Waals surface area contributed by atoms with Gasteiger partial charge in [0.05, 0.1) is 7.11 Å². The number of carbonyl (C=O) groups excluding carboxylic acids is 1. The molecule has 2 aromatic carbocycles. The zero-order valence-corrected chi connectivity index (χ0v) is 16.6. The van der Waals surface area contributed by atoms with E-state index in [2.05, 4.69) is 15.6 Å². The Morgan fingerprint density at radius 2 is 1.89 bits per heavy atom. The Morgan fingerprint density at radius 1 is 1.15 bits per heavy atom. The highest BCUT2D eigenvalue weighted by atomic mass is 35.5. The lowest BCUT2D eigenvalue weighted by Gasteiger charge is -2.22. The van der Waals surface area contributed by atoms with Gasteiger partial charge >= 0.3 is 0 Å². The summed E-state index contributed by atoms with van der Waals surface area (Å²) >= 11 is 6.03. The fourth-order valence-corrected chi connectivity index (χ4v) is 2.80. The number of carbonyl (C=O) groups is 1. The van der Waals surface area contributed by atoms with Gasteiger partial charge in [-0.1, -0.05) is 29.8 Å². The van der Waals surface area contributed by atoms with E-state index in [9.17, 15) is 4.79 Å². The Hall–Kier alpha value is -2.73. The number of methoxy groups -OCH3 is 1. The molecule has 0 spiro atoms. The van der Waals surface area contributed by atoms with Crippen LogP contribution >= 0.6 is 11.6 Å². The van der Waals surface area contributed by atoms with Gasteiger partial charge in [0, 0.05) is 44.3 Å². The van der Waals surface area contributed by atoms with Crippen LogP contribution in [0.2, 0.25) is 5.02 Å². The molecular formula is C20H25ClN4O2. The third kappa shape index (κ3) is 6.49. The van der Waals surface area contributed by atoms with Crippen molar-refractivity contribution in [2.75, 3.05) is 34.3 Å². The van der Waals surface area contributed by atoms with Gasteiger partial charge in [-0.15, -0.1) is 0 Å². The van der Waals surface area contributed by atoms with Crippen molar-refractivity contribution in [1.29, 1.82) is 0 Å². The lowest BCUT2D eigenvalue weighted by Crippen LogP contribution is -2.42. The molecule has 0 unspecified atom stereocenters. The van der Waals surface area contributed by atoms with Crippen LogP contribution < -0.4 is 15.4 Å². The molecule has 2 N–H and O–H groups in total. The third-order valence-electron chi connectivity index (χ3n) is 3.91. The fourth-order valence-electron chi connectivity index (χ4n) is 2.59. The molecule has 0 bridgehead atoms. The number of nitrogens with zero attached hydrogens (tertiary/aromatic N) is 2. The molecule has 0 heterocycles. The molecule has 0 saturated heterocycles. The SMILES string of the molecule is CN=C(NCCNC(=O)c1cccc(OC)c1)N(C)Cc1cccc(Cl)c1. The number of hydrogen-bond donors (Lipinski definition) is 2. The van der Waals surface area contributed by atoms with Crippen LogP contribution in [0.5, 0.6) is 5.75 Å². The van der Waals surface area contributed by atoms with Gasteiger partial charge in [0.1, 0.15) is 5.75 Å². The van der Waals surface area contributed by atoms with Crippen LogP contribution in [-0.2, 0) is 6.54 Å². The minimum Gasteiger partial charge on any atom is -0.497 e. The minimum atomic E-state index is -0.141. The maximum absolute atomic E-state index is 12.2. The Labute approximate surface area is 165 Å². The maximum Gasteiger partial charge on any atom is 0.251 e. The highest BCUT2D eigenvalue weighted by molar-refractivity contribution is 6.30. The number of nitrogens with one attached hydrogen (secondary N) is 2. The Balaban J connectivity index is 1.79. The predicted octanol–water partition coefficient (Wildman–Crippen LogP) is 2.79. The van der Waals surface area contributed by atoms with E-state index in [1.54, 1.807) is 38.4 Å². The van der Waals surface area contributed by atoms with Crippen LogP contribution in [0.25, 0.3) is 0 Å². The predicted molar refractivity (Wildman–Crippen MR) is 110 cm³/mol. The number of amides is 1. The molecule has 1 amide bonds. The van der Waals surface area contributed by atoms with E-state index >= 15 is 0 Å². The molecule has 0 aliphatic heterocycles. The van der Waals surface area contributed by atoms with Crippen LogP contribution in [0.4, 0.5) is 0 Å². The van der Waals surface area contributed by atoms with Crippen LogP contribution in [0, 0.1) is 0 Å². The number of rotatable bonds is 7. The second-order valence-corrected chi connectivity index (χ2v) is 6.38. The molecule has 2 aromatic rings. The van der Waals surface area contributed by atoms with Crippen LogP contribution in [0.1, 0.15) is 15.9 Å². The largest absolute Gasteiger partial charge is 0.497 e. The van der Waals surface area contributed by atoms with Crippen molar-refractivity contribution in [3.05, 3.63) is 64.7 Å². The summed E-state index contributed by atoms with van der Waals surface area (Å²) in [6.07, 6.45) is 0. The molecule has 27 heavy (non-hydrogen) atoms. The van der Waals surface area contributed by atoms with Gasteiger partial charge in [-0.2, -0.15) is 0 Å². The summed E-state index contributed by atoms with van der Waals surface area (Å²) in [5, 5.41) is 6.83. The van der Waals surface area contributed by atoms with Crippen LogP contribution in [-0.4, -0.2) is 51.1 Å². The van der Waals surface area contributed by atoms with E-state index in [-0.39, 0.29) is 5.91 Å². The van der Waals surface area contributed by atoms with Crippen molar-refractivity contribution in [2.24, 2.45) is 4.99 Å². The molecular weight excluding hydrogens is 364 g/mol. The summed E-state index contributed by atoms with van der Waals surface area (Å²) in [5.41, 5.74) is 1.66. The molecule has 0 aliphatic rings. The monoisotopic (exact) mass is 388 g/mol. The molecule has 144 valence electrons. The van der Waals surface area contributed by atoms with Crippen molar-refractivity contribution >= 4 is 23.5 Å². The fraction of sp³-hybridized carbons (Fsp3) is 0.300. The summed E-state index contributed by atoms with van der Waals surface area (Å²) in [7, 11) is 5.25. The average Bonchev–Trinajstić information content (AvgIpc) is 2.67. The summed E-state index contributed by atoms with van der Waals surface area (Å²) in [4.78, 5) is 18.5. The first-order chi connectivity index (χ1) is 13.0. The second kappa shape index (κ2) is 10.4. The summed E-state index contributed by atoms with van der Waals surface area (Å²) in [6, 6.07) is 14.8. The quantitative estimate of drug-likeness (QED) is 0.435. The van der Waals surface area contributed by atoms with Gasteiger partial charge in [0.2, 0.25) is 0 Å². The standard InChI is InChI=1S/C20H25ClN4O2/c1-22-20(25(2)14-15-6-4-8-17(21)12-15)24-11-10-23-19(26)16-7-5-9-18(13-16)27-3/h4-9,12-13H,10-11,14H2,1-3H3,(H,22,24)(H,23,26). The summed E-state index contributed by atoms with van der Waals surface area (Å²) in [5.74, 6) is 1.26. The lowest BCUT2D eigenvalue weighted by atomic mass is 10.2. The number of aliphatic imine (C=N–C) groups is 1. The zero-order valence-electron chi connectivity index (χ0n) is 15.8. The van der Waals surface area contributed by atoms with Crippen molar-refractivity contribution < 1.29 is 9.53 Å². The topological polar surface area (TPSA) is 66.0 Å². The first-order valence-corrected chi connectivity index (χ1v) is 8.99. The number of halogens is 1. The zero-order chi connectivity index (χ0) is 19.6. The summed E-state index contributed by atoms with van der Waals surface area (Å²) < 4.78 is 5.14. The third-order valence-corrected chi connectivity index (χ3v) is 4.14. The van der Waals surface area contributed by atoms with Crippen molar-refractivity contribution in [1.82, 2.24) is 15.5 Å². The minimum absolute atomic E-state index is 0.141. The molecule has 0 radical (unpaired) electrons. The van der Waals surface area contributed by atoms with Crippen LogP contribution in [0.15, 0.2) is 53.5 Å². The number of hydrogen-bond acceptors (Lipinski definition) is 3. The number of ether oxygens (including phenoxy) is 1. The van der Waals surface area contributed by atoms with Crippen LogP contribution in [0.3, 0.4) is 0 Å². The second-order valence-electron chi connectivity index (χ2n) is 5.95. The molecule has 0 saturated carbocycles. The van der Waals surface area contributed by atoms with Gasteiger partial charge in [0.15, 0.2) is 5.96 Å². The molecule has 0 fully saturated rings. The maximum atomic E-state index is 12.2. The molecule has 7 heteroatoms. The van der Waals surface area contributed by atoms with Crippen molar-refractivity contribution in [3.63, 3.8) is 0 Å². The molecule has 0 aromatic heterocycles. The first-order valence-electron chi connectivity index (χ1n) is 8.62. The van der Waals surface area contributed by atoms with E-state index in [1.807, 2.05) is 36.2 Å². The smallest absolute Gasteiger partial charge is 0.251 e. The van der Waals surface area contributed by atoms with Gasteiger partial charge < -0.3 is 20.3 Å². The number of guanidine groups is 1. The summed E-state index contributed by atoms with van der Waals surface area (Å²) in [6.45, 7) is 1.71. The Bertz CT molecular complexity index is 795. The van der Waals surface area contributed by atoms with E-state index in [0.29, 0.717) is 36.0 Å².